The lowest BCUT2D eigenvalue weighted by atomic mass is 10.2. The van der Waals surface area contributed by atoms with Crippen molar-refractivity contribution in [2.24, 2.45) is 0 Å². The monoisotopic (exact) mass is 225 g/mol. The highest BCUT2D eigenvalue weighted by molar-refractivity contribution is 6.33. The molecule has 0 aromatic heterocycles. The van der Waals surface area contributed by atoms with Gasteiger partial charge in [-0.25, -0.2) is 0 Å². The summed E-state index contributed by atoms with van der Waals surface area (Å²) in [6, 6.07) is 6.17. The van der Waals surface area contributed by atoms with Gasteiger partial charge in [0.25, 0.3) is 0 Å². The van der Waals surface area contributed by atoms with E-state index >= 15 is 0 Å². The lowest BCUT2D eigenvalue weighted by Crippen LogP contribution is -2.14. The van der Waals surface area contributed by atoms with Crippen molar-refractivity contribution in [3.63, 3.8) is 0 Å². The van der Waals surface area contributed by atoms with Crippen LogP contribution < -0.4 is 5.32 Å². The van der Waals surface area contributed by atoms with Gasteiger partial charge in [-0.05, 0) is 30.5 Å². The van der Waals surface area contributed by atoms with Crippen LogP contribution in [-0.2, 0) is 6.61 Å². The quantitative estimate of drug-likeness (QED) is 0.828. The van der Waals surface area contributed by atoms with Gasteiger partial charge in [-0.1, -0.05) is 30.5 Å². The van der Waals surface area contributed by atoms with E-state index in [9.17, 15) is 0 Å². The molecule has 2 nitrogen and oxygen atoms in total. The summed E-state index contributed by atoms with van der Waals surface area (Å²) in [5.74, 6) is 0. The van der Waals surface area contributed by atoms with E-state index in [1.54, 1.807) is 0 Å². The Kier molecular flexibility index (Phi) is 3.49. The zero-order valence-corrected chi connectivity index (χ0v) is 9.43. The van der Waals surface area contributed by atoms with Gasteiger partial charge in [0.15, 0.2) is 0 Å². The first-order chi connectivity index (χ1) is 7.29. The normalized spacial score (nSPS) is 16.9. The molecule has 0 heterocycles. The maximum atomic E-state index is 9.04. The Morgan fingerprint density at radius 1 is 1.33 bits per heavy atom. The van der Waals surface area contributed by atoms with E-state index in [2.05, 4.69) is 5.32 Å². The first kappa shape index (κ1) is 10.8. The molecule has 1 aliphatic rings. The largest absolute Gasteiger partial charge is 0.392 e. The molecule has 82 valence electrons. The van der Waals surface area contributed by atoms with Crippen molar-refractivity contribution in [3.8, 4) is 0 Å². The van der Waals surface area contributed by atoms with Gasteiger partial charge in [0.05, 0.1) is 17.3 Å². The second-order valence-corrected chi connectivity index (χ2v) is 4.51. The molecule has 0 unspecified atom stereocenters. The number of nitrogens with one attached hydrogen (secondary N) is 1. The van der Waals surface area contributed by atoms with Crippen LogP contribution in [-0.4, -0.2) is 11.1 Å². The Balaban J connectivity index is 2.11. The SMILES string of the molecule is OCc1ccc(Cl)c(NC2CCCC2)c1. The van der Waals surface area contributed by atoms with Gasteiger partial charge in [-0.2, -0.15) is 0 Å². The van der Waals surface area contributed by atoms with Crippen LogP contribution in [0.15, 0.2) is 18.2 Å². The number of hydrogen-bond acceptors (Lipinski definition) is 2. The van der Waals surface area contributed by atoms with Gasteiger partial charge in [-0.3, -0.25) is 0 Å². The van der Waals surface area contributed by atoms with Gasteiger partial charge in [-0.15, -0.1) is 0 Å². The molecule has 0 atom stereocenters. The summed E-state index contributed by atoms with van der Waals surface area (Å²) >= 11 is 6.09. The van der Waals surface area contributed by atoms with Crippen molar-refractivity contribution < 1.29 is 5.11 Å². The van der Waals surface area contributed by atoms with Gasteiger partial charge >= 0.3 is 0 Å². The van der Waals surface area contributed by atoms with E-state index in [0.29, 0.717) is 6.04 Å². The molecule has 15 heavy (non-hydrogen) atoms. The second-order valence-electron chi connectivity index (χ2n) is 4.10. The second kappa shape index (κ2) is 4.86. The molecule has 0 bridgehead atoms. The smallest absolute Gasteiger partial charge is 0.0682 e. The molecule has 0 spiro atoms. The third-order valence-electron chi connectivity index (χ3n) is 2.93. The van der Waals surface area contributed by atoms with Crippen LogP contribution in [0.25, 0.3) is 0 Å². The Labute approximate surface area is 95.3 Å². The average molecular weight is 226 g/mol. The Morgan fingerprint density at radius 3 is 2.73 bits per heavy atom. The molecule has 2 rings (SSSR count). The van der Waals surface area contributed by atoms with Gasteiger partial charge in [0.1, 0.15) is 0 Å². The predicted octanol–water partition coefficient (Wildman–Crippen LogP) is 3.19. The van der Waals surface area contributed by atoms with Crippen LogP contribution in [0.3, 0.4) is 0 Å². The molecular formula is C12H16ClNO. The zero-order valence-electron chi connectivity index (χ0n) is 8.67. The molecule has 1 saturated carbocycles. The minimum atomic E-state index is 0.0660. The van der Waals surface area contributed by atoms with Crippen molar-refractivity contribution in [2.75, 3.05) is 5.32 Å². The van der Waals surface area contributed by atoms with E-state index in [1.165, 1.54) is 25.7 Å². The molecular weight excluding hydrogens is 210 g/mol. The Hall–Kier alpha value is -0.730. The lowest BCUT2D eigenvalue weighted by Gasteiger charge is -2.15. The first-order valence-electron chi connectivity index (χ1n) is 5.45. The van der Waals surface area contributed by atoms with Gasteiger partial charge in [0, 0.05) is 6.04 Å². The average Bonchev–Trinajstić information content (AvgIpc) is 2.74. The highest BCUT2D eigenvalue weighted by Crippen LogP contribution is 2.28. The van der Waals surface area contributed by atoms with E-state index in [4.69, 9.17) is 16.7 Å². The maximum Gasteiger partial charge on any atom is 0.0682 e. The highest BCUT2D eigenvalue weighted by Gasteiger charge is 2.15. The molecule has 2 N–H and O–H groups in total. The van der Waals surface area contributed by atoms with Crippen molar-refractivity contribution in [1.82, 2.24) is 0 Å². The van der Waals surface area contributed by atoms with Crippen molar-refractivity contribution in [3.05, 3.63) is 28.8 Å². The summed E-state index contributed by atoms with van der Waals surface area (Å²) in [6.45, 7) is 0.0660. The fourth-order valence-corrected chi connectivity index (χ4v) is 2.24. The van der Waals surface area contributed by atoms with E-state index in [-0.39, 0.29) is 6.61 Å². The number of halogens is 1. The molecule has 0 amide bonds. The topological polar surface area (TPSA) is 32.3 Å². The summed E-state index contributed by atoms with van der Waals surface area (Å²) in [4.78, 5) is 0. The van der Waals surface area contributed by atoms with E-state index in [0.717, 1.165) is 16.3 Å². The predicted molar refractivity (Wildman–Crippen MR) is 63.3 cm³/mol. The maximum absolute atomic E-state index is 9.04. The number of hydrogen-bond donors (Lipinski definition) is 2. The molecule has 1 aliphatic carbocycles. The summed E-state index contributed by atoms with van der Waals surface area (Å²) in [7, 11) is 0. The Morgan fingerprint density at radius 2 is 2.07 bits per heavy atom. The third kappa shape index (κ3) is 2.64. The van der Waals surface area contributed by atoms with Crippen LogP contribution in [0.1, 0.15) is 31.2 Å². The summed E-state index contributed by atoms with van der Waals surface area (Å²) < 4.78 is 0. The molecule has 1 aromatic rings. The minimum absolute atomic E-state index is 0.0660. The van der Waals surface area contributed by atoms with Crippen molar-refractivity contribution in [2.45, 2.75) is 38.3 Å². The fourth-order valence-electron chi connectivity index (χ4n) is 2.07. The number of aliphatic hydroxyl groups excluding tert-OH is 1. The molecule has 0 saturated heterocycles. The van der Waals surface area contributed by atoms with E-state index in [1.807, 2.05) is 18.2 Å². The molecule has 0 radical (unpaired) electrons. The van der Waals surface area contributed by atoms with Crippen LogP contribution in [0.4, 0.5) is 5.69 Å². The van der Waals surface area contributed by atoms with Crippen LogP contribution in [0.5, 0.6) is 0 Å². The molecule has 0 aliphatic heterocycles. The van der Waals surface area contributed by atoms with Crippen molar-refractivity contribution in [1.29, 1.82) is 0 Å². The standard InChI is InChI=1S/C12H16ClNO/c13-11-6-5-9(8-15)7-12(11)14-10-3-1-2-4-10/h5-7,10,14-15H,1-4,8H2. The molecule has 1 fully saturated rings. The highest BCUT2D eigenvalue weighted by atomic mass is 35.5. The fraction of sp³-hybridized carbons (Fsp3) is 0.500. The summed E-state index contributed by atoms with van der Waals surface area (Å²) in [6.07, 6.45) is 5.04. The summed E-state index contributed by atoms with van der Waals surface area (Å²) in [5.41, 5.74) is 1.86. The zero-order chi connectivity index (χ0) is 10.7. The van der Waals surface area contributed by atoms with Crippen molar-refractivity contribution >= 4 is 17.3 Å². The van der Waals surface area contributed by atoms with Gasteiger partial charge in [0.2, 0.25) is 0 Å². The number of rotatable bonds is 3. The Bertz CT molecular complexity index is 334. The number of anilines is 1. The minimum Gasteiger partial charge on any atom is -0.392 e. The third-order valence-corrected chi connectivity index (χ3v) is 3.26. The lowest BCUT2D eigenvalue weighted by molar-refractivity contribution is 0.282. The summed E-state index contributed by atoms with van der Waals surface area (Å²) in [5, 5.41) is 13.2. The van der Waals surface area contributed by atoms with Crippen LogP contribution in [0, 0.1) is 0 Å². The van der Waals surface area contributed by atoms with Crippen LogP contribution >= 0.6 is 11.6 Å². The first-order valence-corrected chi connectivity index (χ1v) is 5.83. The molecule has 1 aromatic carbocycles. The van der Waals surface area contributed by atoms with E-state index < -0.39 is 0 Å². The van der Waals surface area contributed by atoms with Gasteiger partial charge < -0.3 is 10.4 Å². The molecule has 3 heteroatoms. The number of aliphatic hydroxyl groups is 1. The number of benzene rings is 1. The van der Waals surface area contributed by atoms with Crippen LogP contribution in [0.2, 0.25) is 5.02 Å².